The summed E-state index contributed by atoms with van der Waals surface area (Å²) in [6, 6.07) is 19.8. The molecule has 0 aliphatic carbocycles. The quantitative estimate of drug-likeness (QED) is 0.210. The molecule has 3 aromatic rings. The van der Waals surface area contributed by atoms with Crippen molar-refractivity contribution in [2.45, 2.75) is 63.1 Å². The molecule has 2 saturated heterocycles. The third kappa shape index (κ3) is 4.56. The lowest BCUT2D eigenvalue weighted by atomic mass is 9.88. The Morgan fingerprint density at radius 3 is 2.31 bits per heavy atom. The fourth-order valence-corrected chi connectivity index (χ4v) is 10.6. The highest BCUT2D eigenvalue weighted by Crippen LogP contribution is 2.47. The average Bonchev–Trinajstić information content (AvgIpc) is 3.07. The molecule has 2 aliphatic heterocycles. The van der Waals surface area contributed by atoms with Crippen LogP contribution in [-0.4, -0.2) is 48.8 Å². The summed E-state index contributed by atoms with van der Waals surface area (Å²) in [5.41, 5.74) is 7.75. The predicted octanol–water partition coefficient (Wildman–Crippen LogP) is 3.16. The van der Waals surface area contributed by atoms with Gasteiger partial charge in [-0.15, -0.1) is 0 Å². The standard InChI is InChI=1S/C28H33N5O5Si/c1-19-17-33(26(35)30-24(19)34)25-22-23(31-32-29)28(38-25,15-16-36-22)18-37-39(27(2,3)4,20-11-7-5-8-12-20)21-13-9-6-10-14-21/h5-14,17,22-23,25H,15-16,18H2,1-4H3,(H,30,34,35)/t22-,23+,25-,28-/m1/s1. The van der Waals surface area contributed by atoms with Crippen molar-refractivity contribution < 1.29 is 13.9 Å². The molecule has 0 amide bonds. The first-order chi connectivity index (χ1) is 18.6. The van der Waals surface area contributed by atoms with E-state index < -0.39 is 43.5 Å². The van der Waals surface area contributed by atoms with E-state index >= 15 is 0 Å². The molecule has 1 aromatic heterocycles. The number of rotatable bonds is 7. The van der Waals surface area contributed by atoms with Crippen molar-refractivity contribution in [1.29, 1.82) is 0 Å². The van der Waals surface area contributed by atoms with Gasteiger partial charge in [0.05, 0.1) is 19.3 Å². The first-order valence-electron chi connectivity index (χ1n) is 13.0. The molecule has 2 fully saturated rings. The fraction of sp³-hybridized carbons (Fsp3) is 0.429. The maximum Gasteiger partial charge on any atom is 0.330 e. The number of nitrogens with one attached hydrogen (secondary N) is 1. The van der Waals surface area contributed by atoms with E-state index in [1.807, 2.05) is 36.4 Å². The van der Waals surface area contributed by atoms with Gasteiger partial charge in [0.15, 0.2) is 6.23 Å². The van der Waals surface area contributed by atoms with E-state index in [4.69, 9.17) is 13.9 Å². The van der Waals surface area contributed by atoms with Crippen LogP contribution in [-0.2, 0) is 13.9 Å². The van der Waals surface area contributed by atoms with E-state index in [1.54, 1.807) is 6.92 Å². The molecule has 5 rings (SSSR count). The first-order valence-corrected chi connectivity index (χ1v) is 14.9. The van der Waals surface area contributed by atoms with Crippen LogP contribution < -0.4 is 21.6 Å². The zero-order valence-corrected chi connectivity index (χ0v) is 23.5. The van der Waals surface area contributed by atoms with Crippen molar-refractivity contribution in [3.8, 4) is 0 Å². The summed E-state index contributed by atoms with van der Waals surface area (Å²) in [5, 5.41) is 6.08. The molecular weight excluding hydrogens is 514 g/mol. The van der Waals surface area contributed by atoms with Gasteiger partial charge in [-0.2, -0.15) is 0 Å². The van der Waals surface area contributed by atoms with Gasteiger partial charge in [-0.05, 0) is 27.9 Å². The number of hydrogen-bond donors (Lipinski definition) is 1. The number of azide groups is 1. The van der Waals surface area contributed by atoms with Crippen molar-refractivity contribution in [2.24, 2.45) is 5.11 Å². The third-order valence-corrected chi connectivity index (χ3v) is 12.9. The minimum absolute atomic E-state index is 0.136. The molecule has 4 atom stereocenters. The summed E-state index contributed by atoms with van der Waals surface area (Å²) < 4.78 is 21.2. The molecule has 0 radical (unpaired) electrons. The third-order valence-electron chi connectivity index (χ3n) is 7.87. The number of fused-ring (bicyclic) bond motifs is 2. The maximum atomic E-state index is 12.8. The summed E-state index contributed by atoms with van der Waals surface area (Å²) >= 11 is 0. The molecular formula is C28H33N5O5Si. The zero-order valence-electron chi connectivity index (χ0n) is 22.5. The molecule has 204 valence electrons. The molecule has 0 spiro atoms. The summed E-state index contributed by atoms with van der Waals surface area (Å²) in [7, 11) is -2.93. The molecule has 10 nitrogen and oxygen atoms in total. The van der Waals surface area contributed by atoms with Crippen LogP contribution in [0.3, 0.4) is 0 Å². The van der Waals surface area contributed by atoms with Crippen LogP contribution in [0, 0.1) is 6.92 Å². The number of nitrogens with zero attached hydrogens (tertiary/aromatic N) is 4. The summed E-state index contributed by atoms with van der Waals surface area (Å²) in [6.45, 7) is 8.67. The van der Waals surface area contributed by atoms with E-state index in [0.717, 1.165) is 10.4 Å². The van der Waals surface area contributed by atoms with Gasteiger partial charge in [0, 0.05) is 23.1 Å². The Hall–Kier alpha value is -3.47. The van der Waals surface area contributed by atoms with Crippen molar-refractivity contribution in [2.75, 3.05) is 13.2 Å². The largest absolute Gasteiger partial charge is 0.404 e. The Kier molecular flexibility index (Phi) is 7.13. The second-order valence-corrected chi connectivity index (χ2v) is 15.5. The number of aromatic amines is 1. The van der Waals surface area contributed by atoms with Gasteiger partial charge in [0.1, 0.15) is 11.7 Å². The van der Waals surface area contributed by atoms with Crippen LogP contribution in [0.15, 0.2) is 81.6 Å². The highest BCUT2D eigenvalue weighted by Gasteiger charge is 2.61. The van der Waals surface area contributed by atoms with Gasteiger partial charge in [-0.25, -0.2) is 4.79 Å². The second kappa shape index (κ2) is 10.3. The molecule has 1 N–H and O–H groups in total. The van der Waals surface area contributed by atoms with Crippen LogP contribution in [0.4, 0.5) is 0 Å². The number of benzene rings is 2. The number of H-pyrrole nitrogens is 1. The Morgan fingerprint density at radius 2 is 1.74 bits per heavy atom. The average molecular weight is 548 g/mol. The lowest BCUT2D eigenvalue weighted by Crippen LogP contribution is -2.68. The Bertz CT molecular complexity index is 1460. The van der Waals surface area contributed by atoms with E-state index in [2.05, 4.69) is 60.0 Å². The Labute approximate surface area is 227 Å². The van der Waals surface area contributed by atoms with Crippen molar-refractivity contribution in [3.63, 3.8) is 0 Å². The van der Waals surface area contributed by atoms with Crippen LogP contribution in [0.5, 0.6) is 0 Å². The number of aromatic nitrogens is 2. The number of hydrogen-bond acceptors (Lipinski definition) is 6. The van der Waals surface area contributed by atoms with E-state index in [9.17, 15) is 15.1 Å². The summed E-state index contributed by atoms with van der Waals surface area (Å²) in [6.07, 6.45) is 0.257. The monoisotopic (exact) mass is 547 g/mol. The smallest absolute Gasteiger partial charge is 0.330 e. The van der Waals surface area contributed by atoms with Crippen LogP contribution in [0.2, 0.25) is 5.04 Å². The molecule has 0 unspecified atom stereocenters. The highest BCUT2D eigenvalue weighted by molar-refractivity contribution is 6.99. The topological polar surface area (TPSA) is 131 Å². The Balaban J connectivity index is 1.61. The zero-order chi connectivity index (χ0) is 27.8. The van der Waals surface area contributed by atoms with E-state index in [-0.39, 0.29) is 11.6 Å². The van der Waals surface area contributed by atoms with Gasteiger partial charge < -0.3 is 13.9 Å². The molecule has 2 aliphatic rings. The van der Waals surface area contributed by atoms with Crippen LogP contribution in [0.25, 0.3) is 10.4 Å². The molecule has 39 heavy (non-hydrogen) atoms. The first kappa shape index (κ1) is 27.1. The second-order valence-electron chi connectivity index (χ2n) is 11.2. The van der Waals surface area contributed by atoms with Gasteiger partial charge in [0.2, 0.25) is 0 Å². The molecule has 2 aromatic carbocycles. The minimum atomic E-state index is -2.93. The SMILES string of the molecule is Cc1cn([C@@H]2O[C@@]3(CO[Si](c4ccccc4)(c4ccccc4)C(C)(C)C)CCO[C@@H]2[C@@H]3N=[N+]=[N-])c(=O)[nH]c1=O. The minimum Gasteiger partial charge on any atom is -0.404 e. The fourth-order valence-electron chi connectivity index (χ4n) is 5.98. The van der Waals surface area contributed by atoms with Crippen LogP contribution in [0.1, 0.15) is 39.0 Å². The van der Waals surface area contributed by atoms with Gasteiger partial charge in [-0.1, -0.05) is 86.5 Å². The number of ether oxygens (including phenoxy) is 2. The van der Waals surface area contributed by atoms with Gasteiger partial charge in [0.25, 0.3) is 13.9 Å². The molecule has 11 heteroatoms. The van der Waals surface area contributed by atoms with Crippen molar-refractivity contribution in [1.82, 2.24) is 9.55 Å². The molecule has 2 bridgehead atoms. The number of aryl methyl sites for hydroxylation is 1. The lowest BCUT2D eigenvalue weighted by molar-refractivity contribution is -0.0995. The molecule has 3 heterocycles. The van der Waals surface area contributed by atoms with Crippen molar-refractivity contribution >= 4 is 18.7 Å². The molecule has 0 saturated carbocycles. The summed E-state index contributed by atoms with van der Waals surface area (Å²) in [4.78, 5) is 30.3. The summed E-state index contributed by atoms with van der Waals surface area (Å²) in [5.74, 6) is 0. The van der Waals surface area contributed by atoms with Gasteiger partial charge in [-0.3, -0.25) is 14.3 Å². The van der Waals surface area contributed by atoms with Crippen molar-refractivity contribution in [3.05, 3.63) is 104 Å². The van der Waals surface area contributed by atoms with Crippen LogP contribution >= 0.6 is 0 Å². The lowest BCUT2D eigenvalue weighted by Gasteiger charge is -2.46. The highest BCUT2D eigenvalue weighted by atomic mass is 28.4. The van der Waals surface area contributed by atoms with E-state index in [0.29, 0.717) is 18.6 Å². The van der Waals surface area contributed by atoms with E-state index in [1.165, 1.54) is 10.8 Å². The van der Waals surface area contributed by atoms with Gasteiger partial charge >= 0.3 is 5.69 Å². The normalized spacial score (nSPS) is 24.8. The Morgan fingerprint density at radius 1 is 1.13 bits per heavy atom. The predicted molar refractivity (Wildman–Crippen MR) is 150 cm³/mol. The maximum absolute atomic E-state index is 12.8.